The first-order valence-corrected chi connectivity index (χ1v) is 15.7. The molecule has 0 bridgehead atoms. The minimum Gasteiger partial charge on any atom is -0.490 e. The molecule has 1 aliphatic heterocycles. The van der Waals surface area contributed by atoms with Crippen molar-refractivity contribution in [1.29, 1.82) is 0 Å². The molecular weight excluding hydrogens is 538 g/mol. The van der Waals surface area contributed by atoms with Crippen LogP contribution in [0, 0.1) is 13.8 Å². The third kappa shape index (κ3) is 5.38. The maximum atomic E-state index is 6.26. The second-order valence-electron chi connectivity index (χ2n) is 11.4. The van der Waals surface area contributed by atoms with Gasteiger partial charge >= 0.3 is 0 Å². The van der Waals surface area contributed by atoms with Crippen LogP contribution in [0.15, 0.2) is 79.0 Å². The fraction of sp³-hybridized carbons (Fsp3) is 0.371. The van der Waals surface area contributed by atoms with E-state index in [0.717, 1.165) is 48.7 Å². The quantitative estimate of drug-likeness (QED) is 0.204. The highest BCUT2D eigenvalue weighted by atomic mass is 32.1. The van der Waals surface area contributed by atoms with E-state index in [2.05, 4.69) is 108 Å². The molecule has 2 aromatic carbocycles. The second-order valence-corrected chi connectivity index (χ2v) is 11.8. The number of hydrogen-bond donors (Lipinski definition) is 1. The van der Waals surface area contributed by atoms with Crippen LogP contribution in [0.3, 0.4) is 0 Å². The number of rotatable bonds is 9. The summed E-state index contributed by atoms with van der Waals surface area (Å²) in [5.41, 5.74) is 8.05. The zero-order chi connectivity index (χ0) is 29.2. The van der Waals surface area contributed by atoms with Gasteiger partial charge < -0.3 is 24.4 Å². The van der Waals surface area contributed by atoms with Gasteiger partial charge in [-0.25, -0.2) is 0 Å². The SMILES string of the molecule is CCN(CC)c1ccc(-n2c(C)cc([C@H]3[C@@H](c4ccccn4)NC(=S)N3c3ccc(OC4CCCC4)cc3)c2C)cc1. The summed E-state index contributed by atoms with van der Waals surface area (Å²) in [5, 5.41) is 4.32. The molecule has 42 heavy (non-hydrogen) atoms. The molecule has 1 saturated heterocycles. The number of hydrogen-bond acceptors (Lipinski definition) is 4. The molecule has 6 nitrogen and oxygen atoms in total. The Labute approximate surface area is 255 Å². The largest absolute Gasteiger partial charge is 0.490 e. The van der Waals surface area contributed by atoms with Crippen molar-refractivity contribution in [3.05, 3.63) is 102 Å². The van der Waals surface area contributed by atoms with Crippen molar-refractivity contribution in [2.45, 2.75) is 71.6 Å². The average molecular weight is 580 g/mol. The van der Waals surface area contributed by atoms with Gasteiger partial charge in [0.2, 0.25) is 0 Å². The highest BCUT2D eigenvalue weighted by molar-refractivity contribution is 7.80. The van der Waals surface area contributed by atoms with Gasteiger partial charge in [0.15, 0.2) is 5.11 Å². The molecule has 1 aliphatic carbocycles. The Balaban J connectivity index is 1.38. The summed E-state index contributed by atoms with van der Waals surface area (Å²) in [4.78, 5) is 9.37. The monoisotopic (exact) mass is 579 g/mol. The zero-order valence-electron chi connectivity index (χ0n) is 25.1. The van der Waals surface area contributed by atoms with E-state index < -0.39 is 0 Å². The molecule has 6 rings (SSSR count). The first-order valence-electron chi connectivity index (χ1n) is 15.3. The van der Waals surface area contributed by atoms with Crippen LogP contribution in [-0.2, 0) is 0 Å². The van der Waals surface area contributed by atoms with Gasteiger partial charge in [0, 0.05) is 47.7 Å². The van der Waals surface area contributed by atoms with Gasteiger partial charge in [0.05, 0.1) is 23.9 Å². The van der Waals surface area contributed by atoms with Gasteiger partial charge in [-0.3, -0.25) is 4.98 Å². The first-order chi connectivity index (χ1) is 20.5. The normalized spacial score (nSPS) is 18.9. The van der Waals surface area contributed by atoms with Crippen LogP contribution in [0.2, 0.25) is 0 Å². The molecule has 0 spiro atoms. The van der Waals surface area contributed by atoms with Gasteiger partial charge in [-0.05, 0) is 138 Å². The lowest BCUT2D eigenvalue weighted by atomic mass is 9.96. The van der Waals surface area contributed by atoms with Crippen molar-refractivity contribution in [2.75, 3.05) is 22.9 Å². The number of ether oxygens (including phenoxy) is 1. The van der Waals surface area contributed by atoms with Crippen molar-refractivity contribution >= 4 is 28.7 Å². The number of nitrogens with one attached hydrogen (secondary N) is 1. The maximum absolute atomic E-state index is 6.26. The summed E-state index contributed by atoms with van der Waals surface area (Å²) < 4.78 is 8.62. The molecule has 7 heteroatoms. The summed E-state index contributed by atoms with van der Waals surface area (Å²) in [6.45, 7) is 10.8. The molecule has 2 aromatic heterocycles. The van der Waals surface area contributed by atoms with E-state index in [1.807, 2.05) is 18.3 Å². The fourth-order valence-corrected chi connectivity index (χ4v) is 7.06. The molecule has 0 radical (unpaired) electrons. The molecular formula is C35H41N5OS. The summed E-state index contributed by atoms with van der Waals surface area (Å²) in [6, 6.07) is 25.6. The Morgan fingerprint density at radius 3 is 2.26 bits per heavy atom. The van der Waals surface area contributed by atoms with E-state index in [1.165, 1.54) is 35.5 Å². The second kappa shape index (κ2) is 12.2. The standard InChI is InChI=1S/C35H41N5OS/c1-5-38(6-2)26-14-16-27(17-15-26)39-24(3)23-31(25(39)4)34-33(32-13-9-10-22-36-32)37-35(42)40(34)28-18-20-30(21-19-28)41-29-11-7-8-12-29/h9-10,13-23,29,33-34H,5-8,11-12H2,1-4H3,(H,37,42)/t33-,34+/m1/s1. The van der Waals surface area contributed by atoms with Gasteiger partial charge in [-0.15, -0.1) is 0 Å². The molecule has 3 heterocycles. The summed E-state index contributed by atoms with van der Waals surface area (Å²) in [7, 11) is 0. The molecule has 2 fully saturated rings. The number of nitrogens with zero attached hydrogens (tertiary/aromatic N) is 4. The van der Waals surface area contributed by atoms with E-state index in [1.54, 1.807) is 0 Å². The fourth-order valence-electron chi connectivity index (χ4n) is 6.72. The van der Waals surface area contributed by atoms with Crippen molar-refractivity contribution in [2.24, 2.45) is 0 Å². The Kier molecular flexibility index (Phi) is 8.20. The van der Waals surface area contributed by atoms with Gasteiger partial charge in [-0.2, -0.15) is 0 Å². The van der Waals surface area contributed by atoms with Crippen molar-refractivity contribution in [3.8, 4) is 11.4 Å². The minimum absolute atomic E-state index is 0.0658. The predicted octanol–water partition coefficient (Wildman–Crippen LogP) is 7.83. The van der Waals surface area contributed by atoms with Gasteiger partial charge in [0.25, 0.3) is 0 Å². The van der Waals surface area contributed by atoms with Crippen LogP contribution >= 0.6 is 12.2 Å². The van der Waals surface area contributed by atoms with Crippen LogP contribution in [-0.4, -0.2) is 33.9 Å². The first kappa shape index (κ1) is 28.3. The van der Waals surface area contributed by atoms with Gasteiger partial charge in [-0.1, -0.05) is 6.07 Å². The summed E-state index contributed by atoms with van der Waals surface area (Å²) in [6.07, 6.45) is 6.98. The maximum Gasteiger partial charge on any atom is 0.174 e. The molecule has 2 aliphatic rings. The third-order valence-electron chi connectivity index (χ3n) is 8.84. The summed E-state index contributed by atoms with van der Waals surface area (Å²) >= 11 is 6.01. The predicted molar refractivity (Wildman–Crippen MR) is 176 cm³/mol. The Morgan fingerprint density at radius 2 is 1.62 bits per heavy atom. The average Bonchev–Trinajstić information content (AvgIpc) is 3.72. The van der Waals surface area contributed by atoms with Crippen LogP contribution in [0.5, 0.6) is 5.75 Å². The molecule has 0 unspecified atom stereocenters. The lowest BCUT2D eigenvalue weighted by molar-refractivity contribution is 0.210. The lowest BCUT2D eigenvalue weighted by Gasteiger charge is -2.28. The van der Waals surface area contributed by atoms with Crippen LogP contribution in [0.25, 0.3) is 5.69 Å². The molecule has 0 amide bonds. The van der Waals surface area contributed by atoms with Crippen molar-refractivity contribution in [1.82, 2.24) is 14.9 Å². The van der Waals surface area contributed by atoms with Crippen LogP contribution in [0.4, 0.5) is 11.4 Å². The van der Waals surface area contributed by atoms with E-state index in [0.29, 0.717) is 11.2 Å². The smallest absolute Gasteiger partial charge is 0.174 e. The van der Waals surface area contributed by atoms with E-state index >= 15 is 0 Å². The number of aryl methyl sites for hydroxylation is 1. The Hall–Kier alpha value is -3.84. The topological polar surface area (TPSA) is 45.6 Å². The van der Waals surface area contributed by atoms with Crippen molar-refractivity contribution in [3.63, 3.8) is 0 Å². The number of aromatic nitrogens is 2. The van der Waals surface area contributed by atoms with E-state index in [4.69, 9.17) is 21.9 Å². The van der Waals surface area contributed by atoms with E-state index in [-0.39, 0.29) is 12.1 Å². The molecule has 2 atom stereocenters. The minimum atomic E-state index is -0.0906. The van der Waals surface area contributed by atoms with E-state index in [9.17, 15) is 0 Å². The van der Waals surface area contributed by atoms with Gasteiger partial charge in [0.1, 0.15) is 5.75 Å². The lowest BCUT2D eigenvalue weighted by Crippen LogP contribution is -2.29. The van der Waals surface area contributed by atoms with Crippen LogP contribution in [0.1, 0.15) is 74.3 Å². The molecule has 4 aromatic rings. The highest BCUT2D eigenvalue weighted by Gasteiger charge is 2.42. The number of thiocarbonyl (C=S) groups is 1. The number of benzene rings is 2. The number of pyridine rings is 1. The summed E-state index contributed by atoms with van der Waals surface area (Å²) in [5.74, 6) is 0.924. The zero-order valence-corrected chi connectivity index (χ0v) is 25.9. The Bertz CT molecular complexity index is 1510. The molecule has 1 saturated carbocycles. The van der Waals surface area contributed by atoms with Crippen LogP contribution < -0.4 is 19.9 Å². The van der Waals surface area contributed by atoms with Crippen molar-refractivity contribution < 1.29 is 4.74 Å². The molecule has 218 valence electrons. The molecule has 1 N–H and O–H groups in total. The highest BCUT2D eigenvalue weighted by Crippen LogP contribution is 2.44. The Morgan fingerprint density at radius 1 is 0.929 bits per heavy atom. The third-order valence-corrected chi connectivity index (χ3v) is 9.16. The number of anilines is 2.